The van der Waals surface area contributed by atoms with Crippen LogP contribution in [-0.4, -0.2) is 22.0 Å². The van der Waals surface area contributed by atoms with Crippen LogP contribution in [0.3, 0.4) is 0 Å². The molecule has 0 fully saturated rings. The third kappa shape index (κ3) is 2.80. The van der Waals surface area contributed by atoms with Crippen LogP contribution in [0.5, 0.6) is 0 Å². The molecule has 0 atom stereocenters. The number of nitriles is 1. The number of nitrogens with zero attached hydrogens (tertiary/aromatic N) is 5. The molecule has 2 aromatic heterocycles. The first kappa shape index (κ1) is 12.0. The Morgan fingerprint density at radius 1 is 1.28 bits per heavy atom. The molecule has 2 aromatic rings. The van der Waals surface area contributed by atoms with E-state index in [2.05, 4.69) is 15.0 Å². The average molecular weight is 239 g/mol. The Hall–Kier alpha value is -2.48. The Kier molecular flexibility index (Phi) is 3.49. The van der Waals surface area contributed by atoms with E-state index in [1.54, 1.807) is 12.3 Å². The predicted octanol–water partition coefficient (Wildman–Crippen LogP) is 1.69. The highest BCUT2D eigenvalue weighted by Gasteiger charge is 2.06. The zero-order valence-electron chi connectivity index (χ0n) is 10.3. The maximum atomic E-state index is 8.80. The molecule has 0 unspecified atom stereocenters. The summed E-state index contributed by atoms with van der Waals surface area (Å²) in [6.07, 6.45) is 1.58. The summed E-state index contributed by atoms with van der Waals surface area (Å²) in [6, 6.07) is 9.47. The first-order chi connectivity index (χ1) is 8.69. The maximum absolute atomic E-state index is 8.80. The van der Waals surface area contributed by atoms with Gasteiger partial charge in [-0.3, -0.25) is 4.98 Å². The fraction of sp³-hybridized carbons (Fsp3) is 0.231. The number of anilines is 1. The molecule has 0 amide bonds. The lowest BCUT2D eigenvalue weighted by molar-refractivity contribution is 0.834. The first-order valence-electron chi connectivity index (χ1n) is 5.56. The molecule has 18 heavy (non-hydrogen) atoms. The van der Waals surface area contributed by atoms with E-state index in [-0.39, 0.29) is 0 Å². The van der Waals surface area contributed by atoms with Crippen molar-refractivity contribution in [2.24, 2.45) is 0 Å². The molecule has 2 rings (SSSR count). The van der Waals surface area contributed by atoms with Crippen LogP contribution >= 0.6 is 0 Å². The van der Waals surface area contributed by atoms with Gasteiger partial charge >= 0.3 is 0 Å². The quantitative estimate of drug-likeness (QED) is 0.815. The lowest BCUT2D eigenvalue weighted by Gasteiger charge is -2.16. The van der Waals surface area contributed by atoms with Crippen LogP contribution in [-0.2, 0) is 6.54 Å². The highest BCUT2D eigenvalue weighted by molar-refractivity contribution is 5.33. The zero-order chi connectivity index (χ0) is 13.0. The maximum Gasteiger partial charge on any atom is 0.226 e. The third-order valence-corrected chi connectivity index (χ3v) is 2.44. The Bertz CT molecular complexity index is 588. The molecule has 90 valence electrons. The fourth-order valence-electron chi connectivity index (χ4n) is 1.60. The molecule has 2 heterocycles. The zero-order valence-corrected chi connectivity index (χ0v) is 10.3. The summed E-state index contributed by atoms with van der Waals surface area (Å²) in [5.41, 5.74) is 2.29. The largest absolute Gasteiger partial charge is 0.338 e. The topological polar surface area (TPSA) is 65.7 Å². The second-order valence-corrected chi connectivity index (χ2v) is 3.98. The van der Waals surface area contributed by atoms with Gasteiger partial charge in [0, 0.05) is 18.9 Å². The normalized spacial score (nSPS) is 9.83. The standard InChI is InChI=1S/C13H13N5/c1-10-4-3-5-12(16-10)9-18(2)13-15-7-6-11(8-14)17-13/h3-7H,9H2,1-2H3. The molecule has 0 bridgehead atoms. The van der Waals surface area contributed by atoms with Gasteiger partial charge in [0.25, 0.3) is 0 Å². The van der Waals surface area contributed by atoms with Crippen LogP contribution in [0.1, 0.15) is 17.1 Å². The first-order valence-corrected chi connectivity index (χ1v) is 5.56. The van der Waals surface area contributed by atoms with E-state index in [1.165, 1.54) is 0 Å². The van der Waals surface area contributed by atoms with Crippen LogP contribution in [0, 0.1) is 18.3 Å². The van der Waals surface area contributed by atoms with Gasteiger partial charge in [-0.2, -0.15) is 5.26 Å². The molecule has 0 aliphatic carbocycles. The second-order valence-electron chi connectivity index (χ2n) is 3.98. The molecule has 0 aliphatic rings. The van der Waals surface area contributed by atoms with E-state index in [0.717, 1.165) is 11.4 Å². The summed E-state index contributed by atoms with van der Waals surface area (Å²) in [5.74, 6) is 0.525. The molecular weight excluding hydrogens is 226 g/mol. The number of pyridine rings is 1. The van der Waals surface area contributed by atoms with Crippen molar-refractivity contribution >= 4 is 5.95 Å². The van der Waals surface area contributed by atoms with E-state index in [0.29, 0.717) is 18.2 Å². The fourth-order valence-corrected chi connectivity index (χ4v) is 1.60. The van der Waals surface area contributed by atoms with E-state index in [9.17, 15) is 0 Å². The molecule has 0 radical (unpaired) electrons. The van der Waals surface area contributed by atoms with Gasteiger partial charge < -0.3 is 4.90 Å². The van der Waals surface area contributed by atoms with Crippen molar-refractivity contribution in [2.75, 3.05) is 11.9 Å². The second kappa shape index (κ2) is 5.23. The highest BCUT2D eigenvalue weighted by Crippen LogP contribution is 2.09. The summed E-state index contributed by atoms with van der Waals surface area (Å²) in [4.78, 5) is 14.6. The van der Waals surface area contributed by atoms with Gasteiger partial charge in [0.15, 0.2) is 0 Å². The number of hydrogen-bond donors (Lipinski definition) is 0. The van der Waals surface area contributed by atoms with Crippen LogP contribution in [0.25, 0.3) is 0 Å². The van der Waals surface area contributed by atoms with Crippen LogP contribution in [0.2, 0.25) is 0 Å². The minimum Gasteiger partial charge on any atom is -0.338 e. The van der Waals surface area contributed by atoms with Crippen molar-refractivity contribution in [3.05, 3.63) is 47.5 Å². The van der Waals surface area contributed by atoms with Crippen molar-refractivity contribution in [1.29, 1.82) is 5.26 Å². The third-order valence-electron chi connectivity index (χ3n) is 2.44. The van der Waals surface area contributed by atoms with Crippen molar-refractivity contribution in [2.45, 2.75) is 13.5 Å². The van der Waals surface area contributed by atoms with Gasteiger partial charge in [-0.05, 0) is 25.1 Å². The van der Waals surface area contributed by atoms with E-state index >= 15 is 0 Å². The molecule has 0 aromatic carbocycles. The SMILES string of the molecule is Cc1cccc(CN(C)c2nccc(C#N)n2)n1. The molecule has 0 spiro atoms. The molecule has 0 N–H and O–H groups in total. The van der Waals surface area contributed by atoms with Crippen molar-refractivity contribution < 1.29 is 0 Å². The molecular formula is C13H13N5. The molecule has 5 nitrogen and oxygen atoms in total. The van der Waals surface area contributed by atoms with Gasteiger partial charge in [0.1, 0.15) is 11.8 Å². The minimum absolute atomic E-state index is 0.365. The Morgan fingerprint density at radius 2 is 2.11 bits per heavy atom. The Balaban J connectivity index is 2.17. The summed E-state index contributed by atoms with van der Waals surface area (Å²) < 4.78 is 0. The van der Waals surface area contributed by atoms with Crippen molar-refractivity contribution in [3.63, 3.8) is 0 Å². The molecule has 0 aliphatic heterocycles. The Morgan fingerprint density at radius 3 is 2.83 bits per heavy atom. The van der Waals surface area contributed by atoms with Crippen LogP contribution in [0.15, 0.2) is 30.5 Å². The van der Waals surface area contributed by atoms with E-state index in [1.807, 2.05) is 43.1 Å². The lowest BCUT2D eigenvalue weighted by atomic mass is 10.3. The summed E-state index contributed by atoms with van der Waals surface area (Å²) in [7, 11) is 1.88. The average Bonchev–Trinajstić information content (AvgIpc) is 2.39. The molecule has 0 saturated heterocycles. The van der Waals surface area contributed by atoms with E-state index < -0.39 is 0 Å². The van der Waals surface area contributed by atoms with Crippen molar-refractivity contribution in [1.82, 2.24) is 15.0 Å². The van der Waals surface area contributed by atoms with Gasteiger partial charge in [-0.25, -0.2) is 9.97 Å². The monoisotopic (exact) mass is 239 g/mol. The number of hydrogen-bond acceptors (Lipinski definition) is 5. The lowest BCUT2D eigenvalue weighted by Crippen LogP contribution is -2.20. The van der Waals surface area contributed by atoms with E-state index in [4.69, 9.17) is 5.26 Å². The number of aromatic nitrogens is 3. The van der Waals surface area contributed by atoms with Crippen LogP contribution in [0.4, 0.5) is 5.95 Å². The van der Waals surface area contributed by atoms with Gasteiger partial charge in [-0.1, -0.05) is 6.07 Å². The summed E-state index contributed by atoms with van der Waals surface area (Å²) >= 11 is 0. The smallest absolute Gasteiger partial charge is 0.226 e. The summed E-state index contributed by atoms with van der Waals surface area (Å²) in [6.45, 7) is 2.56. The number of aryl methyl sites for hydroxylation is 1. The minimum atomic E-state index is 0.365. The predicted molar refractivity (Wildman–Crippen MR) is 67.8 cm³/mol. The highest BCUT2D eigenvalue weighted by atomic mass is 15.2. The van der Waals surface area contributed by atoms with Gasteiger partial charge in [0.2, 0.25) is 5.95 Å². The van der Waals surface area contributed by atoms with Crippen LogP contribution < -0.4 is 4.90 Å². The number of rotatable bonds is 3. The van der Waals surface area contributed by atoms with Gasteiger partial charge in [-0.15, -0.1) is 0 Å². The molecule has 0 saturated carbocycles. The van der Waals surface area contributed by atoms with Crippen molar-refractivity contribution in [3.8, 4) is 6.07 Å². The summed E-state index contributed by atoms with van der Waals surface area (Å²) in [5, 5.41) is 8.80. The Labute approximate surface area is 106 Å². The van der Waals surface area contributed by atoms with Gasteiger partial charge in [0.05, 0.1) is 12.2 Å². The molecule has 5 heteroatoms.